The van der Waals surface area contributed by atoms with Crippen LogP contribution in [0, 0.1) is 6.92 Å². The Morgan fingerprint density at radius 1 is 1.03 bits per heavy atom. The molecule has 0 spiro atoms. The third-order valence-corrected chi connectivity index (χ3v) is 5.92. The first-order valence-electron chi connectivity index (χ1n) is 11.6. The van der Waals surface area contributed by atoms with Crippen molar-refractivity contribution in [1.29, 1.82) is 0 Å². The van der Waals surface area contributed by atoms with Gasteiger partial charge in [0.05, 0.1) is 20.8 Å². The van der Waals surface area contributed by atoms with Gasteiger partial charge in [-0.05, 0) is 49.7 Å². The van der Waals surface area contributed by atoms with E-state index in [9.17, 15) is 13.6 Å². The van der Waals surface area contributed by atoms with Crippen molar-refractivity contribution in [2.24, 2.45) is 0 Å². The minimum Gasteiger partial charge on any atom is -0.493 e. The smallest absolute Gasteiger partial charge is 0.356 e. The number of aromatic nitrogens is 4. The summed E-state index contributed by atoms with van der Waals surface area (Å²) < 4.78 is 46.2. The maximum absolute atomic E-state index is 12.7. The van der Waals surface area contributed by atoms with Crippen molar-refractivity contribution in [2.75, 3.05) is 25.1 Å². The maximum atomic E-state index is 12.7. The van der Waals surface area contributed by atoms with E-state index in [1.807, 2.05) is 6.92 Å². The van der Waals surface area contributed by atoms with Crippen LogP contribution in [0.4, 0.5) is 11.6 Å². The van der Waals surface area contributed by atoms with Gasteiger partial charge in [0.2, 0.25) is 5.75 Å². The normalized spacial score (nSPS) is 11.4. The van der Waals surface area contributed by atoms with Crippen LogP contribution in [0.5, 0.6) is 23.1 Å². The van der Waals surface area contributed by atoms with Gasteiger partial charge in [-0.15, -0.1) is 0 Å². The molecule has 3 heterocycles. The Hall–Kier alpha value is -4.62. The van der Waals surface area contributed by atoms with Crippen LogP contribution in [0.3, 0.4) is 0 Å². The highest BCUT2D eigenvalue weighted by molar-refractivity contribution is 7.81. The number of aryl methyl sites for hydroxylation is 1. The second-order valence-corrected chi connectivity index (χ2v) is 8.66. The molecule has 4 rings (SSSR count). The average molecular weight is 552 g/mol. The predicted molar refractivity (Wildman–Crippen MR) is 143 cm³/mol. The number of carbonyl (C=O) groups excluding carboxylic acids is 1. The minimum absolute atomic E-state index is 0.0376. The number of ether oxygens (including phenoxy) is 4. The van der Waals surface area contributed by atoms with Crippen LogP contribution in [0.1, 0.15) is 23.0 Å². The van der Waals surface area contributed by atoms with Gasteiger partial charge in [0.25, 0.3) is 17.1 Å². The van der Waals surface area contributed by atoms with Gasteiger partial charge in [-0.25, -0.2) is 24.0 Å². The van der Waals surface area contributed by atoms with Crippen molar-refractivity contribution >= 4 is 28.9 Å². The molecule has 1 unspecified atom stereocenters. The molecule has 12 nitrogen and oxygen atoms in total. The van der Waals surface area contributed by atoms with Gasteiger partial charge in [-0.1, -0.05) is 18.2 Å². The Labute approximate surface area is 227 Å². The molecule has 4 aromatic rings. The number of hydrogen-bond donors (Lipinski definition) is 1. The lowest BCUT2D eigenvalue weighted by atomic mass is 10.2. The monoisotopic (exact) mass is 551 g/mol. The van der Waals surface area contributed by atoms with Crippen LogP contribution in [0.25, 0.3) is 11.4 Å². The zero-order chi connectivity index (χ0) is 27.9. The summed E-state index contributed by atoms with van der Waals surface area (Å²) in [6, 6.07) is 13.2. The highest BCUT2D eigenvalue weighted by Crippen LogP contribution is 2.44. The number of hydrogen-bond acceptors (Lipinski definition) is 10. The molecule has 13 heteroatoms. The van der Waals surface area contributed by atoms with Gasteiger partial charge >= 0.3 is 5.97 Å². The molecule has 202 valence electrons. The molecule has 0 saturated heterocycles. The number of methoxy groups -OCH3 is 2. The quantitative estimate of drug-likeness (QED) is 0.219. The lowest BCUT2D eigenvalue weighted by molar-refractivity contribution is 0.0519. The lowest BCUT2D eigenvalue weighted by Crippen LogP contribution is -2.23. The highest BCUT2D eigenvalue weighted by Gasteiger charge is 2.29. The Balaban J connectivity index is 1.95. The molecule has 1 N–H and O–H groups in total. The van der Waals surface area contributed by atoms with Crippen LogP contribution in [0.15, 0.2) is 60.9 Å². The average Bonchev–Trinajstić information content (AvgIpc) is 2.95. The lowest BCUT2D eigenvalue weighted by Gasteiger charge is -2.23. The third kappa shape index (κ3) is 6.10. The van der Waals surface area contributed by atoms with Crippen LogP contribution in [0.2, 0.25) is 0 Å². The molecule has 0 saturated carbocycles. The summed E-state index contributed by atoms with van der Waals surface area (Å²) in [4.78, 5) is 29.6. The molecule has 3 aromatic heterocycles. The number of pyridine rings is 2. The first-order valence-corrected chi connectivity index (χ1v) is 12.7. The molecule has 0 radical (unpaired) electrons. The number of nitrogens with zero attached hydrogens (tertiary/aromatic N) is 5. The SMILES string of the molecule is CCOC(=O)c1cc(-c2nc(OC)c(Oc3ccccc3OC)c(N(c3ccc(C)cn3)S(=O)O)n2)ccn1. The summed E-state index contributed by atoms with van der Waals surface area (Å²) in [6.07, 6.45) is 2.95. The fraction of sp³-hybridized carbons (Fsp3) is 0.192. The van der Waals surface area contributed by atoms with Crippen molar-refractivity contribution in [1.82, 2.24) is 19.9 Å². The summed E-state index contributed by atoms with van der Waals surface area (Å²) in [5, 5.41) is 0. The number of carbonyl (C=O) groups is 1. The first-order chi connectivity index (χ1) is 18.9. The molecule has 0 aliphatic carbocycles. The second kappa shape index (κ2) is 12.3. The number of anilines is 2. The molecule has 0 aliphatic rings. The van der Waals surface area contributed by atoms with E-state index in [0.717, 1.165) is 9.87 Å². The fourth-order valence-electron chi connectivity index (χ4n) is 3.46. The number of rotatable bonds is 10. The summed E-state index contributed by atoms with van der Waals surface area (Å²) in [7, 11) is 2.85. The van der Waals surface area contributed by atoms with E-state index in [1.165, 1.54) is 26.5 Å². The molecular weight excluding hydrogens is 526 g/mol. The van der Waals surface area contributed by atoms with Gasteiger partial charge in [0.1, 0.15) is 11.5 Å². The van der Waals surface area contributed by atoms with E-state index >= 15 is 0 Å². The molecule has 0 bridgehead atoms. The van der Waals surface area contributed by atoms with Crippen molar-refractivity contribution in [3.05, 3.63) is 72.2 Å². The molecule has 0 aliphatic heterocycles. The van der Waals surface area contributed by atoms with Crippen molar-refractivity contribution in [3.63, 3.8) is 0 Å². The van der Waals surface area contributed by atoms with Crippen molar-refractivity contribution in [3.8, 4) is 34.5 Å². The standard InChI is InChI=1S/C26H25N5O7S/c1-5-37-26(32)18-14-17(12-13-27-18)23-29-24(31(39(33)34)21-11-10-16(2)15-28-21)22(25(30-23)36-4)38-20-9-7-6-8-19(20)35-3/h6-15H,5H2,1-4H3,(H,33,34). The Morgan fingerprint density at radius 3 is 2.44 bits per heavy atom. The van der Waals surface area contributed by atoms with Crippen LogP contribution in [-0.2, 0) is 16.0 Å². The number of para-hydroxylation sites is 2. The van der Waals surface area contributed by atoms with Crippen molar-refractivity contribution < 1.29 is 32.5 Å². The first kappa shape index (κ1) is 27.4. The summed E-state index contributed by atoms with van der Waals surface area (Å²) in [5.74, 6) is -0.0326. The van der Waals surface area contributed by atoms with Gasteiger partial charge in [-0.3, -0.25) is 4.55 Å². The highest BCUT2D eigenvalue weighted by atomic mass is 32.2. The zero-order valence-corrected chi connectivity index (χ0v) is 22.3. The van der Waals surface area contributed by atoms with E-state index in [2.05, 4.69) is 19.9 Å². The summed E-state index contributed by atoms with van der Waals surface area (Å²) in [6.45, 7) is 3.70. The second-order valence-electron chi connectivity index (χ2n) is 7.83. The summed E-state index contributed by atoms with van der Waals surface area (Å²) in [5.41, 5.74) is 1.25. The zero-order valence-electron chi connectivity index (χ0n) is 21.5. The summed E-state index contributed by atoms with van der Waals surface area (Å²) >= 11 is -2.65. The molecule has 0 amide bonds. The van der Waals surface area contributed by atoms with E-state index < -0.39 is 17.2 Å². The Bertz CT molecular complexity index is 1500. The molecule has 1 aromatic carbocycles. The number of esters is 1. The van der Waals surface area contributed by atoms with Crippen LogP contribution in [-0.4, -0.2) is 55.5 Å². The van der Waals surface area contributed by atoms with Gasteiger partial charge < -0.3 is 18.9 Å². The molecule has 0 fully saturated rings. The van der Waals surface area contributed by atoms with Gasteiger partial charge in [0, 0.05) is 18.0 Å². The number of benzene rings is 1. The maximum Gasteiger partial charge on any atom is 0.356 e. The van der Waals surface area contributed by atoms with Gasteiger partial charge in [-0.2, -0.15) is 9.29 Å². The van der Waals surface area contributed by atoms with E-state index in [1.54, 1.807) is 55.6 Å². The fourth-order valence-corrected chi connectivity index (χ4v) is 3.99. The molecule has 39 heavy (non-hydrogen) atoms. The van der Waals surface area contributed by atoms with Crippen LogP contribution < -0.4 is 18.5 Å². The van der Waals surface area contributed by atoms with Gasteiger partial charge in [0.15, 0.2) is 23.1 Å². The molecule has 1 atom stereocenters. The van der Waals surface area contributed by atoms with Crippen molar-refractivity contribution in [2.45, 2.75) is 13.8 Å². The minimum atomic E-state index is -2.65. The van der Waals surface area contributed by atoms with Crippen LogP contribution >= 0.6 is 0 Å². The van der Waals surface area contributed by atoms with E-state index in [0.29, 0.717) is 11.3 Å². The predicted octanol–water partition coefficient (Wildman–Crippen LogP) is 4.50. The largest absolute Gasteiger partial charge is 0.493 e. The van der Waals surface area contributed by atoms with E-state index in [4.69, 9.17) is 18.9 Å². The topological polar surface area (TPSA) is 146 Å². The third-order valence-electron chi connectivity index (χ3n) is 5.25. The van der Waals surface area contributed by atoms with E-state index in [-0.39, 0.29) is 47.1 Å². The molecular formula is C26H25N5O7S. The Morgan fingerprint density at radius 2 is 1.79 bits per heavy atom. The Kier molecular flexibility index (Phi) is 8.63.